The van der Waals surface area contributed by atoms with Gasteiger partial charge in [0, 0.05) is 37.7 Å². The number of benzene rings is 2. The summed E-state index contributed by atoms with van der Waals surface area (Å²) in [6, 6.07) is 13.4. The molecule has 1 fully saturated rings. The predicted octanol–water partition coefficient (Wildman–Crippen LogP) is 2.63. The molecule has 1 aliphatic rings. The Balaban J connectivity index is 1.27. The second-order valence-electron chi connectivity index (χ2n) is 6.66. The number of carbonyl (C=O) groups excluding carboxylic acids is 1. The molecule has 8 heteroatoms. The lowest BCUT2D eigenvalue weighted by Gasteiger charge is -2.34. The van der Waals surface area contributed by atoms with Crippen LogP contribution in [0.5, 0.6) is 0 Å². The largest absolute Gasteiger partial charge is 0.323 e. The number of piperazine rings is 1. The molecule has 7 nitrogen and oxygen atoms in total. The van der Waals surface area contributed by atoms with E-state index in [2.05, 4.69) is 37.6 Å². The molecule has 1 aromatic heterocycles. The summed E-state index contributed by atoms with van der Waals surface area (Å²) in [5.74, 6) is -0.0587. The summed E-state index contributed by atoms with van der Waals surface area (Å²) in [4.78, 5) is 16.9. The van der Waals surface area contributed by atoms with Crippen molar-refractivity contribution in [3.63, 3.8) is 0 Å². The van der Waals surface area contributed by atoms with Gasteiger partial charge in [-0.25, -0.2) is 4.63 Å². The summed E-state index contributed by atoms with van der Waals surface area (Å²) in [6.45, 7) is 4.83. The summed E-state index contributed by atoms with van der Waals surface area (Å²) in [5, 5.41) is 11.3. The van der Waals surface area contributed by atoms with Crippen LogP contribution in [-0.4, -0.2) is 58.7 Å². The van der Waals surface area contributed by atoms with Crippen molar-refractivity contribution >= 4 is 34.2 Å². The highest BCUT2D eigenvalue weighted by atomic mass is 35.5. The molecule has 0 bridgehead atoms. The highest BCUT2D eigenvalue weighted by Crippen LogP contribution is 2.19. The number of hydrogen-bond acceptors (Lipinski definition) is 6. The predicted molar refractivity (Wildman–Crippen MR) is 104 cm³/mol. The van der Waals surface area contributed by atoms with Crippen molar-refractivity contribution in [2.45, 2.75) is 6.54 Å². The van der Waals surface area contributed by atoms with Gasteiger partial charge in [-0.1, -0.05) is 29.8 Å². The van der Waals surface area contributed by atoms with Gasteiger partial charge in [0.15, 0.2) is 5.52 Å². The van der Waals surface area contributed by atoms with Crippen molar-refractivity contribution in [2.24, 2.45) is 0 Å². The molecule has 0 radical (unpaired) electrons. The molecule has 2 heterocycles. The van der Waals surface area contributed by atoms with E-state index in [-0.39, 0.29) is 5.91 Å². The van der Waals surface area contributed by atoms with Crippen molar-refractivity contribution in [3.05, 3.63) is 53.1 Å². The van der Waals surface area contributed by atoms with Crippen LogP contribution in [0.3, 0.4) is 0 Å². The number of fused-ring (bicyclic) bond motifs is 1. The van der Waals surface area contributed by atoms with Crippen LogP contribution in [-0.2, 0) is 11.3 Å². The van der Waals surface area contributed by atoms with Crippen molar-refractivity contribution in [3.8, 4) is 0 Å². The lowest BCUT2D eigenvalue weighted by Crippen LogP contribution is -2.48. The first kappa shape index (κ1) is 17.9. The summed E-state index contributed by atoms with van der Waals surface area (Å²) >= 11 is 5.93. The Kier molecular flexibility index (Phi) is 5.33. The summed E-state index contributed by atoms with van der Waals surface area (Å²) in [6.07, 6.45) is 0. The second-order valence-corrected chi connectivity index (χ2v) is 7.10. The number of hydrogen-bond donors (Lipinski definition) is 1. The van der Waals surface area contributed by atoms with E-state index in [1.165, 1.54) is 5.56 Å². The zero-order chi connectivity index (χ0) is 18.6. The Labute approximate surface area is 161 Å². The number of aromatic nitrogens is 2. The van der Waals surface area contributed by atoms with Crippen molar-refractivity contribution in [2.75, 3.05) is 38.0 Å². The third-order valence-electron chi connectivity index (χ3n) is 4.71. The van der Waals surface area contributed by atoms with Gasteiger partial charge in [-0.3, -0.25) is 14.6 Å². The van der Waals surface area contributed by atoms with E-state index in [4.69, 9.17) is 16.2 Å². The molecule has 1 amide bonds. The maximum absolute atomic E-state index is 12.4. The Morgan fingerprint density at radius 2 is 1.78 bits per heavy atom. The lowest BCUT2D eigenvalue weighted by molar-refractivity contribution is -0.117. The minimum absolute atomic E-state index is 0.0587. The zero-order valence-corrected chi connectivity index (χ0v) is 15.5. The van der Waals surface area contributed by atoms with E-state index in [1.807, 2.05) is 18.2 Å². The first-order valence-corrected chi connectivity index (χ1v) is 9.25. The third-order valence-corrected chi connectivity index (χ3v) is 4.96. The molecule has 0 saturated carbocycles. The normalized spacial score (nSPS) is 15.9. The van der Waals surface area contributed by atoms with Crippen LogP contribution in [0.25, 0.3) is 11.0 Å². The fourth-order valence-electron chi connectivity index (χ4n) is 3.25. The molecule has 0 spiro atoms. The zero-order valence-electron chi connectivity index (χ0n) is 14.8. The number of rotatable bonds is 5. The minimum atomic E-state index is -0.0587. The van der Waals surface area contributed by atoms with Gasteiger partial charge >= 0.3 is 0 Å². The summed E-state index contributed by atoms with van der Waals surface area (Å²) < 4.78 is 4.73. The Morgan fingerprint density at radius 1 is 1.04 bits per heavy atom. The molecule has 1 N–H and O–H groups in total. The van der Waals surface area contributed by atoms with Crippen molar-refractivity contribution in [1.29, 1.82) is 0 Å². The van der Waals surface area contributed by atoms with Gasteiger partial charge in [-0.2, -0.15) is 0 Å². The van der Waals surface area contributed by atoms with E-state index < -0.39 is 0 Å². The van der Waals surface area contributed by atoms with E-state index >= 15 is 0 Å². The number of carbonyl (C=O) groups is 1. The van der Waals surface area contributed by atoms with Gasteiger partial charge in [0.1, 0.15) is 5.52 Å². The number of nitrogens with zero attached hydrogens (tertiary/aromatic N) is 4. The highest BCUT2D eigenvalue weighted by molar-refractivity contribution is 6.30. The van der Waals surface area contributed by atoms with Crippen LogP contribution in [0.15, 0.2) is 47.1 Å². The standard InChI is InChI=1S/C19H20ClN5O2/c20-15-6-4-14(5-7-15)12-24-8-10-25(11-9-24)13-18(26)21-16-2-1-3-17-19(16)23-27-22-17/h1-7H,8-13H2,(H,21,26). The summed E-state index contributed by atoms with van der Waals surface area (Å²) in [5.41, 5.74) is 3.07. The Bertz CT molecular complexity index is 919. The summed E-state index contributed by atoms with van der Waals surface area (Å²) in [7, 11) is 0. The quantitative estimate of drug-likeness (QED) is 0.727. The average molecular weight is 386 g/mol. The van der Waals surface area contributed by atoms with E-state index in [9.17, 15) is 4.79 Å². The smallest absolute Gasteiger partial charge is 0.238 e. The maximum atomic E-state index is 12.4. The molecule has 0 atom stereocenters. The molecule has 4 rings (SSSR count). The van der Waals surface area contributed by atoms with Crippen LogP contribution in [0.1, 0.15) is 5.56 Å². The number of amides is 1. The maximum Gasteiger partial charge on any atom is 0.238 e. The van der Waals surface area contributed by atoms with Crippen LogP contribution >= 0.6 is 11.6 Å². The minimum Gasteiger partial charge on any atom is -0.323 e. The third kappa shape index (κ3) is 4.44. The van der Waals surface area contributed by atoms with Gasteiger partial charge in [-0.05, 0) is 40.1 Å². The Hall–Kier alpha value is -2.48. The molecule has 27 heavy (non-hydrogen) atoms. The van der Waals surface area contributed by atoms with Crippen LogP contribution < -0.4 is 5.32 Å². The average Bonchev–Trinajstić information content (AvgIpc) is 3.15. The van der Waals surface area contributed by atoms with E-state index in [1.54, 1.807) is 12.1 Å². The van der Waals surface area contributed by atoms with Gasteiger partial charge in [0.05, 0.1) is 12.2 Å². The SMILES string of the molecule is O=C(CN1CCN(Cc2ccc(Cl)cc2)CC1)Nc1cccc2nonc12. The fourth-order valence-corrected chi connectivity index (χ4v) is 3.38. The number of nitrogens with one attached hydrogen (secondary N) is 1. The van der Waals surface area contributed by atoms with Gasteiger partial charge in [-0.15, -0.1) is 0 Å². The highest BCUT2D eigenvalue weighted by Gasteiger charge is 2.19. The topological polar surface area (TPSA) is 74.5 Å². The van der Waals surface area contributed by atoms with Gasteiger partial charge in [0.2, 0.25) is 5.91 Å². The van der Waals surface area contributed by atoms with Crippen molar-refractivity contribution < 1.29 is 9.42 Å². The lowest BCUT2D eigenvalue weighted by atomic mass is 10.2. The molecule has 0 unspecified atom stereocenters. The van der Waals surface area contributed by atoms with Gasteiger partial charge in [0.25, 0.3) is 0 Å². The van der Waals surface area contributed by atoms with Crippen LogP contribution in [0.4, 0.5) is 5.69 Å². The molecule has 2 aromatic carbocycles. The first-order valence-electron chi connectivity index (χ1n) is 8.88. The van der Waals surface area contributed by atoms with Crippen LogP contribution in [0.2, 0.25) is 5.02 Å². The molecular weight excluding hydrogens is 366 g/mol. The number of anilines is 1. The first-order chi connectivity index (χ1) is 13.2. The fraction of sp³-hybridized carbons (Fsp3) is 0.316. The molecular formula is C19H20ClN5O2. The molecule has 140 valence electrons. The van der Waals surface area contributed by atoms with Crippen molar-refractivity contribution in [1.82, 2.24) is 20.1 Å². The van der Waals surface area contributed by atoms with E-state index in [0.717, 1.165) is 37.7 Å². The molecule has 0 aliphatic carbocycles. The van der Waals surface area contributed by atoms with E-state index in [0.29, 0.717) is 23.3 Å². The molecule has 1 aliphatic heterocycles. The Morgan fingerprint density at radius 3 is 2.56 bits per heavy atom. The molecule has 1 saturated heterocycles. The van der Waals surface area contributed by atoms with Gasteiger partial charge < -0.3 is 5.32 Å². The van der Waals surface area contributed by atoms with Crippen LogP contribution in [0, 0.1) is 0 Å². The molecule has 3 aromatic rings. The monoisotopic (exact) mass is 385 g/mol. The second kappa shape index (κ2) is 8.04. The number of halogens is 1.